The number of nitrogens with zero attached hydrogens (tertiary/aromatic N) is 5. The monoisotopic (exact) mass is 567 g/mol. The van der Waals surface area contributed by atoms with Crippen LogP contribution in [-0.2, 0) is 0 Å². The zero-order chi connectivity index (χ0) is 28.4. The molecule has 0 aliphatic carbocycles. The molecule has 3 heterocycles. The standard InChI is InChI=1S/C26H34ClN11O2/c27-20-3-1-2-4-21(20)33-23(40)19-6-5-18(9-22(19)39)32-24-34-25(37-10-14(28)7-15(29)11-37)36-26(35-24)38-12-16(30)8-17(31)13-38/h1-6,9,14-17,39H,7-8,10-13,28-31H2,(H,33,40)(H,32,34,35,36)/t14-,15+,16-,17+. The Morgan fingerprint density at radius 3 is 1.93 bits per heavy atom. The highest BCUT2D eigenvalue weighted by atomic mass is 35.5. The molecule has 0 spiro atoms. The van der Waals surface area contributed by atoms with Crippen LogP contribution in [0.2, 0.25) is 5.02 Å². The van der Waals surface area contributed by atoms with Gasteiger partial charge >= 0.3 is 0 Å². The highest BCUT2D eigenvalue weighted by Gasteiger charge is 2.29. The summed E-state index contributed by atoms with van der Waals surface area (Å²) in [4.78, 5) is 30.6. The van der Waals surface area contributed by atoms with Crippen LogP contribution < -0.4 is 43.4 Å². The first-order valence-corrected chi connectivity index (χ1v) is 13.5. The SMILES string of the molecule is N[C@@H]1C[C@H](N)CN(c2nc(Nc3ccc(C(=O)Nc4ccccc4Cl)c(O)c3)nc(N3C[C@H](N)C[C@H](N)C3)n2)C1. The Labute approximate surface area is 236 Å². The number of aromatic hydroxyl groups is 1. The van der Waals surface area contributed by atoms with E-state index < -0.39 is 5.91 Å². The maximum atomic E-state index is 12.8. The second kappa shape index (κ2) is 11.8. The lowest BCUT2D eigenvalue weighted by Gasteiger charge is -2.37. The van der Waals surface area contributed by atoms with Crippen molar-refractivity contribution in [2.24, 2.45) is 22.9 Å². The van der Waals surface area contributed by atoms with Crippen molar-refractivity contribution in [3.63, 3.8) is 0 Å². The molecule has 13 nitrogen and oxygen atoms in total. The first kappa shape index (κ1) is 27.8. The highest BCUT2D eigenvalue weighted by Crippen LogP contribution is 2.28. The third-order valence-electron chi connectivity index (χ3n) is 6.83. The number of nitrogens with one attached hydrogen (secondary N) is 2. The number of nitrogens with two attached hydrogens (primary N) is 4. The molecular formula is C26H34ClN11O2. The van der Waals surface area contributed by atoms with Gasteiger partial charge in [0.2, 0.25) is 17.8 Å². The smallest absolute Gasteiger partial charge is 0.259 e. The van der Waals surface area contributed by atoms with Gasteiger partial charge < -0.3 is 48.5 Å². The Morgan fingerprint density at radius 2 is 1.40 bits per heavy atom. The van der Waals surface area contributed by atoms with Crippen molar-refractivity contribution in [2.45, 2.75) is 37.0 Å². The molecular weight excluding hydrogens is 534 g/mol. The predicted molar refractivity (Wildman–Crippen MR) is 156 cm³/mol. The number of hydrogen-bond acceptors (Lipinski definition) is 12. The first-order chi connectivity index (χ1) is 19.1. The van der Waals surface area contributed by atoms with Crippen molar-refractivity contribution in [2.75, 3.05) is 46.6 Å². The number of carbonyl (C=O) groups excluding carboxylic acids is 1. The van der Waals surface area contributed by atoms with E-state index in [2.05, 4.69) is 20.6 Å². The minimum absolute atomic E-state index is 0.0788. The molecule has 2 fully saturated rings. The minimum Gasteiger partial charge on any atom is -0.507 e. The average Bonchev–Trinajstić information content (AvgIpc) is 2.89. The zero-order valence-corrected chi connectivity index (χ0v) is 22.6. The van der Waals surface area contributed by atoms with E-state index in [-0.39, 0.29) is 41.4 Å². The van der Waals surface area contributed by atoms with Crippen molar-refractivity contribution in [3.8, 4) is 5.75 Å². The number of phenolic OH excluding ortho intramolecular Hbond substituents is 1. The highest BCUT2D eigenvalue weighted by molar-refractivity contribution is 6.33. The number of piperidine rings is 2. The average molecular weight is 568 g/mol. The molecule has 3 aromatic rings. The third kappa shape index (κ3) is 6.51. The van der Waals surface area contributed by atoms with E-state index in [1.165, 1.54) is 12.1 Å². The van der Waals surface area contributed by atoms with E-state index in [4.69, 9.17) is 39.5 Å². The van der Waals surface area contributed by atoms with Crippen LogP contribution in [0.5, 0.6) is 5.75 Å². The van der Waals surface area contributed by atoms with Gasteiger partial charge in [-0.3, -0.25) is 4.79 Å². The second-order valence-corrected chi connectivity index (χ2v) is 10.8. The van der Waals surface area contributed by atoms with Gasteiger partial charge in [0.05, 0.1) is 16.3 Å². The Hall–Kier alpha value is -3.75. The lowest BCUT2D eigenvalue weighted by molar-refractivity contribution is 0.102. The maximum absolute atomic E-state index is 12.8. The van der Waals surface area contributed by atoms with Crippen LogP contribution in [0.3, 0.4) is 0 Å². The molecule has 0 unspecified atom stereocenters. The van der Waals surface area contributed by atoms with Crippen LogP contribution >= 0.6 is 11.6 Å². The molecule has 0 saturated carbocycles. The Kier molecular flexibility index (Phi) is 8.19. The normalized spacial score (nSPS) is 23.1. The van der Waals surface area contributed by atoms with Crippen LogP contribution in [0.1, 0.15) is 23.2 Å². The van der Waals surface area contributed by atoms with Gasteiger partial charge in [0.25, 0.3) is 5.91 Å². The van der Waals surface area contributed by atoms with E-state index in [1.807, 2.05) is 9.80 Å². The molecule has 212 valence electrons. The van der Waals surface area contributed by atoms with Crippen LogP contribution in [0.25, 0.3) is 0 Å². The zero-order valence-electron chi connectivity index (χ0n) is 21.9. The number of halogens is 1. The summed E-state index contributed by atoms with van der Waals surface area (Å²) in [7, 11) is 0. The van der Waals surface area contributed by atoms with Crippen molar-refractivity contribution in [1.29, 1.82) is 0 Å². The van der Waals surface area contributed by atoms with Crippen molar-refractivity contribution in [1.82, 2.24) is 15.0 Å². The largest absolute Gasteiger partial charge is 0.507 e. The number of rotatable bonds is 6. The van der Waals surface area contributed by atoms with Gasteiger partial charge in [0.1, 0.15) is 5.75 Å². The van der Waals surface area contributed by atoms with E-state index >= 15 is 0 Å². The topological polar surface area (TPSA) is 211 Å². The summed E-state index contributed by atoms with van der Waals surface area (Å²) in [6, 6.07) is 11.0. The molecule has 2 aromatic carbocycles. The summed E-state index contributed by atoms with van der Waals surface area (Å²) in [6.45, 7) is 2.19. The Balaban J connectivity index is 1.41. The number of phenols is 1. The molecule has 0 bridgehead atoms. The summed E-state index contributed by atoms with van der Waals surface area (Å²) < 4.78 is 0. The lowest BCUT2D eigenvalue weighted by atomic mass is 10.0. The fraction of sp³-hybridized carbons (Fsp3) is 0.385. The molecule has 1 aromatic heterocycles. The van der Waals surface area contributed by atoms with Crippen molar-refractivity contribution < 1.29 is 9.90 Å². The summed E-state index contributed by atoms with van der Waals surface area (Å²) >= 11 is 6.14. The van der Waals surface area contributed by atoms with Gasteiger partial charge in [-0.25, -0.2) is 0 Å². The number of hydrogen-bond donors (Lipinski definition) is 7. The Morgan fingerprint density at radius 1 is 0.850 bits per heavy atom. The van der Waals surface area contributed by atoms with E-state index in [9.17, 15) is 9.90 Å². The third-order valence-corrected chi connectivity index (χ3v) is 7.16. The molecule has 0 radical (unpaired) electrons. The molecule has 40 heavy (non-hydrogen) atoms. The number of carbonyl (C=O) groups is 1. The molecule has 2 aliphatic heterocycles. The number of aromatic nitrogens is 3. The number of benzene rings is 2. The van der Waals surface area contributed by atoms with Crippen molar-refractivity contribution >= 4 is 46.7 Å². The van der Waals surface area contributed by atoms with Gasteiger partial charge in [0.15, 0.2) is 0 Å². The molecule has 5 rings (SSSR count). The van der Waals surface area contributed by atoms with Gasteiger partial charge in [-0.2, -0.15) is 15.0 Å². The maximum Gasteiger partial charge on any atom is 0.259 e. The van der Waals surface area contributed by atoms with Crippen LogP contribution in [0.4, 0.5) is 29.2 Å². The predicted octanol–water partition coefficient (Wildman–Crippen LogP) is 0.956. The van der Waals surface area contributed by atoms with Gasteiger partial charge in [-0.15, -0.1) is 0 Å². The lowest BCUT2D eigenvalue weighted by Crippen LogP contribution is -2.54. The summed E-state index contributed by atoms with van der Waals surface area (Å²) in [6.07, 6.45) is 1.43. The number of para-hydroxylation sites is 1. The molecule has 2 saturated heterocycles. The summed E-state index contributed by atoms with van der Waals surface area (Å²) in [5.74, 6) is 0.354. The number of amides is 1. The van der Waals surface area contributed by atoms with Crippen LogP contribution in [0, 0.1) is 0 Å². The van der Waals surface area contributed by atoms with E-state index in [0.29, 0.717) is 67.3 Å². The van der Waals surface area contributed by atoms with Crippen LogP contribution in [0.15, 0.2) is 42.5 Å². The molecule has 2 aliphatic rings. The Bertz CT molecular complexity index is 1310. The number of anilines is 5. The minimum atomic E-state index is -0.502. The first-order valence-electron chi connectivity index (χ1n) is 13.1. The van der Waals surface area contributed by atoms with Crippen LogP contribution in [-0.4, -0.2) is 76.3 Å². The van der Waals surface area contributed by atoms with Crippen molar-refractivity contribution in [3.05, 3.63) is 53.1 Å². The molecule has 14 heteroatoms. The fourth-order valence-corrected chi connectivity index (χ4v) is 5.24. The second-order valence-electron chi connectivity index (χ2n) is 10.4. The summed E-state index contributed by atoms with van der Waals surface area (Å²) in [5, 5.41) is 16.9. The van der Waals surface area contributed by atoms with E-state index in [1.54, 1.807) is 30.3 Å². The molecule has 1 amide bonds. The molecule has 11 N–H and O–H groups in total. The van der Waals surface area contributed by atoms with E-state index in [0.717, 1.165) is 0 Å². The molecule has 4 atom stereocenters. The van der Waals surface area contributed by atoms with Gasteiger partial charge in [-0.05, 0) is 37.1 Å². The fourth-order valence-electron chi connectivity index (χ4n) is 5.06. The quantitative estimate of drug-likeness (QED) is 0.222. The summed E-state index contributed by atoms with van der Waals surface area (Å²) in [5.41, 5.74) is 25.9. The van der Waals surface area contributed by atoms with Gasteiger partial charge in [0, 0.05) is 62.1 Å². The van der Waals surface area contributed by atoms with Gasteiger partial charge in [-0.1, -0.05) is 23.7 Å².